The van der Waals surface area contributed by atoms with Crippen molar-refractivity contribution >= 4 is 11.8 Å². The molecule has 3 rings (SSSR count). The fraction of sp³-hybridized carbons (Fsp3) is 0.800. The maximum atomic E-state index is 4.25. The van der Waals surface area contributed by atoms with Gasteiger partial charge in [0.25, 0.3) is 0 Å². The summed E-state index contributed by atoms with van der Waals surface area (Å²) in [5, 5.41) is 10.3. The molecule has 2 unspecified atom stereocenters. The summed E-state index contributed by atoms with van der Waals surface area (Å²) in [6, 6.07) is 0.621. The molecule has 0 saturated heterocycles. The summed E-state index contributed by atoms with van der Waals surface area (Å²) >= 11 is 1.89. The van der Waals surface area contributed by atoms with E-state index in [0.29, 0.717) is 17.2 Å². The number of aromatic nitrogens is 3. The van der Waals surface area contributed by atoms with Gasteiger partial charge in [0, 0.05) is 11.2 Å². The van der Waals surface area contributed by atoms with Gasteiger partial charge in [-0.15, -0.1) is 10.2 Å². The first kappa shape index (κ1) is 9.51. The predicted octanol–water partition coefficient (Wildman–Crippen LogP) is 1.97. The van der Waals surface area contributed by atoms with Crippen LogP contribution in [0.3, 0.4) is 0 Å². The molecular formula is C10H16N4S. The quantitative estimate of drug-likeness (QED) is 0.792. The molecule has 0 bridgehead atoms. The number of nitrogens with one attached hydrogen (secondary N) is 1. The van der Waals surface area contributed by atoms with Crippen LogP contribution in [0.25, 0.3) is 0 Å². The summed E-state index contributed by atoms with van der Waals surface area (Å²) in [5.74, 6) is 1.49. The Bertz CT molecular complexity index is 373. The highest BCUT2D eigenvalue weighted by Gasteiger charge is 2.35. The molecule has 1 aromatic heterocycles. The molecule has 1 saturated carbocycles. The van der Waals surface area contributed by atoms with E-state index in [1.807, 2.05) is 11.8 Å². The first-order chi connectivity index (χ1) is 7.25. The largest absolute Gasteiger partial charge is 0.318 e. The minimum Gasteiger partial charge on any atom is -0.318 e. The van der Waals surface area contributed by atoms with E-state index in [1.165, 1.54) is 19.3 Å². The van der Waals surface area contributed by atoms with E-state index < -0.39 is 0 Å². The average molecular weight is 224 g/mol. The summed E-state index contributed by atoms with van der Waals surface area (Å²) in [6.45, 7) is 4.31. The Hall–Kier alpha value is -0.710. The van der Waals surface area contributed by atoms with E-state index in [1.54, 1.807) is 0 Å². The van der Waals surface area contributed by atoms with E-state index in [-0.39, 0.29) is 0 Å². The molecule has 1 aliphatic heterocycles. The zero-order chi connectivity index (χ0) is 10.4. The van der Waals surface area contributed by atoms with Gasteiger partial charge in [-0.3, -0.25) is 0 Å². The molecule has 0 aromatic carbocycles. The molecule has 0 amide bonds. The zero-order valence-corrected chi connectivity index (χ0v) is 9.92. The summed E-state index contributed by atoms with van der Waals surface area (Å²) in [4.78, 5) is 0. The zero-order valence-electron chi connectivity index (χ0n) is 9.10. The topological polar surface area (TPSA) is 42.7 Å². The lowest BCUT2D eigenvalue weighted by molar-refractivity contribution is 0.577. The fourth-order valence-electron chi connectivity index (χ4n) is 2.37. The smallest absolute Gasteiger partial charge is 0.210 e. The Morgan fingerprint density at radius 1 is 1.40 bits per heavy atom. The molecule has 1 aliphatic carbocycles. The van der Waals surface area contributed by atoms with Crippen LogP contribution in [0.1, 0.15) is 44.9 Å². The maximum Gasteiger partial charge on any atom is 0.210 e. The van der Waals surface area contributed by atoms with Crippen molar-refractivity contribution in [3.8, 4) is 0 Å². The second kappa shape index (κ2) is 3.40. The average Bonchev–Trinajstić information content (AvgIpc) is 2.77. The van der Waals surface area contributed by atoms with E-state index in [9.17, 15) is 0 Å². The molecule has 1 fully saturated rings. The molecule has 2 atom stereocenters. The number of thioether (sulfide) groups is 1. The lowest BCUT2D eigenvalue weighted by atomic mass is 10.2. The number of hydrogen-bond donors (Lipinski definition) is 1. The van der Waals surface area contributed by atoms with Crippen LogP contribution in [-0.4, -0.2) is 26.2 Å². The number of hydrogen-bond acceptors (Lipinski definition) is 4. The second-order valence-electron chi connectivity index (χ2n) is 4.65. The molecule has 15 heavy (non-hydrogen) atoms. The highest BCUT2D eigenvalue weighted by atomic mass is 32.2. The number of fused-ring (bicyclic) bond motifs is 2. The summed E-state index contributed by atoms with van der Waals surface area (Å²) in [7, 11) is 0. The first-order valence-electron chi connectivity index (χ1n) is 5.64. The Balaban J connectivity index is 1.95. The summed E-state index contributed by atoms with van der Waals surface area (Å²) in [5.41, 5.74) is 3.56. The van der Waals surface area contributed by atoms with Gasteiger partial charge in [-0.1, -0.05) is 32.0 Å². The van der Waals surface area contributed by atoms with Crippen LogP contribution in [0.4, 0.5) is 0 Å². The van der Waals surface area contributed by atoms with E-state index in [0.717, 1.165) is 11.0 Å². The van der Waals surface area contributed by atoms with Gasteiger partial charge in [-0.05, 0) is 12.8 Å². The molecule has 82 valence electrons. The van der Waals surface area contributed by atoms with Crippen molar-refractivity contribution in [1.29, 1.82) is 0 Å². The minimum absolute atomic E-state index is 0.428. The summed E-state index contributed by atoms with van der Waals surface area (Å²) in [6.07, 6.45) is 3.93. The SMILES string of the molecule is CC(C)c1nnc2n1NC1CCCC1S2. The minimum atomic E-state index is 0.428. The highest BCUT2D eigenvalue weighted by molar-refractivity contribution is 7.99. The maximum absolute atomic E-state index is 4.25. The van der Waals surface area contributed by atoms with Crippen LogP contribution in [0.5, 0.6) is 0 Å². The monoisotopic (exact) mass is 224 g/mol. The molecule has 0 spiro atoms. The van der Waals surface area contributed by atoms with Crippen LogP contribution in [0.2, 0.25) is 0 Å². The van der Waals surface area contributed by atoms with Crippen molar-refractivity contribution in [2.45, 2.75) is 55.5 Å². The normalized spacial score (nSPS) is 28.7. The van der Waals surface area contributed by atoms with Crippen LogP contribution in [0, 0.1) is 0 Å². The molecule has 2 heterocycles. The van der Waals surface area contributed by atoms with E-state index >= 15 is 0 Å². The lowest BCUT2D eigenvalue weighted by Crippen LogP contribution is -2.38. The molecule has 0 radical (unpaired) electrons. The van der Waals surface area contributed by atoms with E-state index in [2.05, 4.69) is 34.1 Å². The highest BCUT2D eigenvalue weighted by Crippen LogP contribution is 2.38. The first-order valence-corrected chi connectivity index (χ1v) is 6.52. The molecule has 4 nitrogen and oxygen atoms in total. The Kier molecular flexibility index (Phi) is 2.16. The third kappa shape index (κ3) is 1.44. The van der Waals surface area contributed by atoms with Crippen LogP contribution >= 0.6 is 11.8 Å². The summed E-state index contributed by atoms with van der Waals surface area (Å²) < 4.78 is 2.10. The fourth-order valence-corrected chi connectivity index (χ4v) is 3.62. The Morgan fingerprint density at radius 3 is 3.07 bits per heavy atom. The van der Waals surface area contributed by atoms with Crippen molar-refractivity contribution in [3.63, 3.8) is 0 Å². The van der Waals surface area contributed by atoms with Crippen LogP contribution in [0.15, 0.2) is 5.16 Å². The second-order valence-corrected chi connectivity index (χ2v) is 5.86. The van der Waals surface area contributed by atoms with Crippen molar-refractivity contribution in [2.75, 3.05) is 5.43 Å². The third-order valence-corrected chi connectivity index (χ3v) is 4.52. The van der Waals surface area contributed by atoms with Gasteiger partial charge in [0.2, 0.25) is 5.16 Å². The number of nitrogens with zero attached hydrogens (tertiary/aromatic N) is 3. The predicted molar refractivity (Wildman–Crippen MR) is 60.8 cm³/mol. The van der Waals surface area contributed by atoms with Gasteiger partial charge in [0.1, 0.15) is 0 Å². The number of rotatable bonds is 1. The van der Waals surface area contributed by atoms with Crippen molar-refractivity contribution in [3.05, 3.63) is 5.82 Å². The van der Waals surface area contributed by atoms with Gasteiger partial charge in [0.05, 0.1) is 6.04 Å². The lowest BCUT2D eigenvalue weighted by Gasteiger charge is -2.28. The van der Waals surface area contributed by atoms with Crippen molar-refractivity contribution in [1.82, 2.24) is 14.9 Å². The van der Waals surface area contributed by atoms with Crippen LogP contribution < -0.4 is 5.43 Å². The van der Waals surface area contributed by atoms with Gasteiger partial charge in [-0.25, -0.2) is 4.68 Å². The van der Waals surface area contributed by atoms with Crippen molar-refractivity contribution < 1.29 is 0 Å². The van der Waals surface area contributed by atoms with E-state index in [4.69, 9.17) is 0 Å². The Labute approximate surface area is 93.8 Å². The molecule has 1 N–H and O–H groups in total. The van der Waals surface area contributed by atoms with Gasteiger partial charge in [-0.2, -0.15) is 0 Å². The molecule has 2 aliphatic rings. The van der Waals surface area contributed by atoms with Gasteiger partial charge < -0.3 is 5.43 Å². The molecular weight excluding hydrogens is 208 g/mol. The van der Waals surface area contributed by atoms with Crippen molar-refractivity contribution in [2.24, 2.45) is 0 Å². The third-order valence-electron chi connectivity index (χ3n) is 3.18. The standard InChI is InChI=1S/C10H16N4S/c1-6(2)9-11-12-10-14(9)13-7-4-3-5-8(7)15-10/h6-8,13H,3-5H2,1-2H3. The van der Waals surface area contributed by atoms with Gasteiger partial charge in [0.15, 0.2) is 5.82 Å². The molecule has 5 heteroatoms. The van der Waals surface area contributed by atoms with Gasteiger partial charge >= 0.3 is 0 Å². The van der Waals surface area contributed by atoms with Crippen LogP contribution in [-0.2, 0) is 0 Å². The Morgan fingerprint density at radius 2 is 2.27 bits per heavy atom. The molecule has 1 aromatic rings.